The van der Waals surface area contributed by atoms with Crippen LogP contribution in [0.1, 0.15) is 23.5 Å². The average Bonchev–Trinajstić information content (AvgIpc) is 3.29. The Balaban J connectivity index is 1.36. The number of carbonyl (C=O) groups excluding carboxylic acids is 1. The molecule has 4 rings (SSSR count). The molecule has 1 aliphatic heterocycles. The molecule has 2 aromatic carbocycles. The van der Waals surface area contributed by atoms with Crippen LogP contribution in [0.5, 0.6) is 0 Å². The van der Waals surface area contributed by atoms with Gasteiger partial charge in [0.2, 0.25) is 5.91 Å². The van der Waals surface area contributed by atoms with Gasteiger partial charge in [-0.2, -0.15) is 5.10 Å². The molecule has 7 heteroatoms. The lowest BCUT2D eigenvalue weighted by molar-refractivity contribution is -0.116. The fourth-order valence-corrected chi connectivity index (χ4v) is 3.54. The summed E-state index contributed by atoms with van der Waals surface area (Å²) in [5.41, 5.74) is 4.20. The summed E-state index contributed by atoms with van der Waals surface area (Å²) >= 11 is 0. The van der Waals surface area contributed by atoms with Crippen LogP contribution in [0.4, 0.5) is 5.69 Å². The molecule has 2 heterocycles. The van der Waals surface area contributed by atoms with Crippen molar-refractivity contribution in [2.75, 3.05) is 18.9 Å². The van der Waals surface area contributed by atoms with Gasteiger partial charge in [0.25, 0.3) is 0 Å². The average molecular weight is 388 g/mol. The summed E-state index contributed by atoms with van der Waals surface area (Å²) in [6, 6.07) is 18.0. The second-order valence-electron chi connectivity index (χ2n) is 6.96. The maximum Gasteiger partial charge on any atom is 0.225 e. The van der Waals surface area contributed by atoms with Crippen molar-refractivity contribution in [2.45, 2.75) is 18.9 Å². The van der Waals surface area contributed by atoms with Crippen LogP contribution >= 0.6 is 0 Å². The van der Waals surface area contributed by atoms with Crippen molar-refractivity contribution in [3.8, 4) is 5.69 Å². The number of anilines is 1. The third-order valence-corrected chi connectivity index (χ3v) is 4.99. The largest absolute Gasteiger partial charge is 0.356 e. The number of fused-ring (bicyclic) bond motifs is 1. The zero-order valence-corrected chi connectivity index (χ0v) is 16.3. The van der Waals surface area contributed by atoms with Crippen LogP contribution in [-0.2, 0) is 11.3 Å². The Morgan fingerprint density at radius 1 is 1.21 bits per heavy atom. The molecule has 29 heavy (non-hydrogen) atoms. The molecule has 1 atom stereocenters. The van der Waals surface area contributed by atoms with E-state index in [2.05, 4.69) is 44.2 Å². The van der Waals surface area contributed by atoms with Crippen LogP contribution in [0.3, 0.4) is 0 Å². The van der Waals surface area contributed by atoms with E-state index in [-0.39, 0.29) is 11.8 Å². The molecule has 3 aromatic rings. The summed E-state index contributed by atoms with van der Waals surface area (Å²) in [6.45, 7) is 1.27. The van der Waals surface area contributed by atoms with E-state index in [0.29, 0.717) is 25.5 Å². The van der Waals surface area contributed by atoms with Crippen LogP contribution in [0.25, 0.3) is 5.69 Å². The van der Waals surface area contributed by atoms with Crippen LogP contribution in [-0.4, -0.2) is 35.2 Å². The van der Waals surface area contributed by atoms with E-state index >= 15 is 0 Å². The van der Waals surface area contributed by atoms with Gasteiger partial charge < -0.3 is 16.0 Å². The smallest absolute Gasteiger partial charge is 0.225 e. The van der Waals surface area contributed by atoms with Crippen LogP contribution < -0.4 is 16.0 Å². The lowest BCUT2D eigenvalue weighted by Gasteiger charge is -2.26. The minimum absolute atomic E-state index is 0.0499. The van der Waals surface area contributed by atoms with Gasteiger partial charge in [-0.3, -0.25) is 9.79 Å². The van der Waals surface area contributed by atoms with Crippen LogP contribution in [0.15, 0.2) is 72.0 Å². The zero-order valence-electron chi connectivity index (χ0n) is 16.3. The Bertz CT molecular complexity index is 1010. The predicted molar refractivity (Wildman–Crippen MR) is 114 cm³/mol. The quantitative estimate of drug-likeness (QED) is 0.464. The first kappa shape index (κ1) is 18.7. The van der Waals surface area contributed by atoms with Crippen molar-refractivity contribution >= 4 is 17.6 Å². The number of carbonyl (C=O) groups is 1. The number of aliphatic imine (C=N–C) groups is 1. The fourth-order valence-electron chi connectivity index (χ4n) is 3.54. The molecule has 0 bridgehead atoms. The molecule has 7 nitrogen and oxygen atoms in total. The molecule has 0 saturated carbocycles. The summed E-state index contributed by atoms with van der Waals surface area (Å²) in [7, 11) is 1.75. The Morgan fingerprint density at radius 2 is 2.10 bits per heavy atom. The lowest BCUT2D eigenvalue weighted by Crippen LogP contribution is -2.40. The maximum atomic E-state index is 12.0. The SMILES string of the molecule is CN=C(NCc1cccc(-n2cccn2)c1)NCC1CC(=O)Nc2ccccc21. The molecule has 0 radical (unpaired) electrons. The first-order valence-corrected chi connectivity index (χ1v) is 9.65. The number of para-hydroxylation sites is 1. The van der Waals surface area contributed by atoms with Crippen molar-refractivity contribution in [3.63, 3.8) is 0 Å². The maximum absolute atomic E-state index is 12.0. The van der Waals surface area contributed by atoms with Gasteiger partial charge in [-0.1, -0.05) is 30.3 Å². The summed E-state index contributed by atoms with van der Waals surface area (Å²) in [6.07, 6.45) is 4.15. The molecule has 148 valence electrons. The van der Waals surface area contributed by atoms with Gasteiger partial charge in [0.1, 0.15) is 0 Å². The number of guanidine groups is 1. The van der Waals surface area contributed by atoms with Gasteiger partial charge in [-0.25, -0.2) is 4.68 Å². The van der Waals surface area contributed by atoms with E-state index in [1.165, 1.54) is 0 Å². The number of nitrogens with one attached hydrogen (secondary N) is 3. The van der Waals surface area contributed by atoms with Gasteiger partial charge in [0, 0.05) is 50.6 Å². The van der Waals surface area contributed by atoms with E-state index in [1.54, 1.807) is 13.2 Å². The Labute approximate surface area is 169 Å². The van der Waals surface area contributed by atoms with Crippen LogP contribution in [0, 0.1) is 0 Å². The number of benzene rings is 2. The normalized spacial score (nSPS) is 16.1. The molecule has 0 fully saturated rings. The first-order chi connectivity index (χ1) is 14.2. The van der Waals surface area contributed by atoms with E-state index in [4.69, 9.17) is 0 Å². The zero-order chi connectivity index (χ0) is 20.1. The highest BCUT2D eigenvalue weighted by Gasteiger charge is 2.24. The topological polar surface area (TPSA) is 83.3 Å². The van der Waals surface area contributed by atoms with E-state index < -0.39 is 0 Å². The minimum atomic E-state index is 0.0499. The Hall–Kier alpha value is -3.61. The highest BCUT2D eigenvalue weighted by atomic mass is 16.1. The number of nitrogens with zero attached hydrogens (tertiary/aromatic N) is 3. The molecule has 0 saturated heterocycles. The summed E-state index contributed by atoms with van der Waals surface area (Å²) < 4.78 is 1.84. The number of amides is 1. The fraction of sp³-hybridized carbons (Fsp3) is 0.227. The highest BCUT2D eigenvalue weighted by molar-refractivity contribution is 5.94. The Kier molecular flexibility index (Phi) is 5.56. The molecule has 1 unspecified atom stereocenters. The third kappa shape index (κ3) is 4.45. The van der Waals surface area contributed by atoms with Crippen molar-refractivity contribution in [3.05, 3.63) is 78.1 Å². The standard InChI is InChI=1S/C22H24N6O/c1-23-22(24-14-16-6-4-7-18(12-16)28-11-5-10-26-28)25-15-17-13-21(29)27-20-9-3-2-8-19(17)20/h2-12,17H,13-15H2,1H3,(H,27,29)(H2,23,24,25). The van der Waals surface area contributed by atoms with Crippen molar-refractivity contribution < 1.29 is 4.79 Å². The van der Waals surface area contributed by atoms with Gasteiger partial charge in [0.05, 0.1) is 5.69 Å². The number of aromatic nitrogens is 2. The number of hydrogen-bond donors (Lipinski definition) is 3. The first-order valence-electron chi connectivity index (χ1n) is 9.65. The monoisotopic (exact) mass is 388 g/mol. The van der Waals surface area contributed by atoms with Gasteiger partial charge in [-0.15, -0.1) is 0 Å². The molecule has 1 aromatic heterocycles. The molecular formula is C22H24N6O. The third-order valence-electron chi connectivity index (χ3n) is 4.99. The van der Waals surface area contributed by atoms with Gasteiger partial charge in [-0.05, 0) is 35.4 Å². The molecule has 0 spiro atoms. The number of rotatable bonds is 5. The molecule has 1 amide bonds. The lowest BCUT2D eigenvalue weighted by atomic mass is 9.90. The second kappa shape index (κ2) is 8.60. The minimum Gasteiger partial charge on any atom is -0.356 e. The number of hydrogen-bond acceptors (Lipinski definition) is 3. The molecule has 0 aliphatic carbocycles. The Morgan fingerprint density at radius 3 is 2.93 bits per heavy atom. The van der Waals surface area contributed by atoms with Crippen molar-refractivity contribution in [1.29, 1.82) is 0 Å². The highest BCUT2D eigenvalue weighted by Crippen LogP contribution is 2.31. The van der Waals surface area contributed by atoms with E-state index in [9.17, 15) is 4.79 Å². The van der Waals surface area contributed by atoms with Crippen molar-refractivity contribution in [1.82, 2.24) is 20.4 Å². The molecule has 3 N–H and O–H groups in total. The van der Waals surface area contributed by atoms with Crippen molar-refractivity contribution in [2.24, 2.45) is 4.99 Å². The summed E-state index contributed by atoms with van der Waals surface area (Å²) in [5.74, 6) is 0.869. The second-order valence-corrected chi connectivity index (χ2v) is 6.96. The van der Waals surface area contributed by atoms with Gasteiger partial charge >= 0.3 is 0 Å². The molecule has 1 aliphatic rings. The van der Waals surface area contributed by atoms with E-state index in [1.807, 2.05) is 47.3 Å². The summed E-state index contributed by atoms with van der Waals surface area (Å²) in [4.78, 5) is 16.3. The molecular weight excluding hydrogens is 364 g/mol. The van der Waals surface area contributed by atoms with Crippen LogP contribution in [0.2, 0.25) is 0 Å². The predicted octanol–water partition coefficient (Wildman–Crippen LogP) is 2.66. The van der Waals surface area contributed by atoms with E-state index in [0.717, 1.165) is 22.5 Å². The van der Waals surface area contributed by atoms with Gasteiger partial charge in [0.15, 0.2) is 5.96 Å². The summed E-state index contributed by atoms with van der Waals surface area (Å²) in [5, 5.41) is 13.9.